The van der Waals surface area contributed by atoms with Crippen molar-refractivity contribution in [1.29, 1.82) is 0 Å². The lowest BCUT2D eigenvalue weighted by molar-refractivity contribution is 0.475. The molecule has 0 aliphatic heterocycles. The van der Waals surface area contributed by atoms with Gasteiger partial charge in [-0.05, 0) is 40.2 Å². The summed E-state index contributed by atoms with van der Waals surface area (Å²) in [5.74, 6) is -0.739. The summed E-state index contributed by atoms with van der Waals surface area (Å²) in [6.45, 7) is 0. The molecule has 19 heavy (non-hydrogen) atoms. The fourth-order valence-corrected chi connectivity index (χ4v) is 2.63. The lowest BCUT2D eigenvalue weighted by atomic mass is 10.1. The SMILES string of the molecule is Oc1cc(F)cc2oc(-c3ccc(F)cc3)c(Br)c12. The molecule has 0 bridgehead atoms. The zero-order chi connectivity index (χ0) is 13.6. The first-order valence-corrected chi connectivity index (χ1v) is 6.22. The van der Waals surface area contributed by atoms with Gasteiger partial charge in [0.15, 0.2) is 0 Å². The second kappa shape index (κ2) is 4.35. The predicted molar refractivity (Wildman–Crippen MR) is 70.9 cm³/mol. The van der Waals surface area contributed by atoms with Crippen molar-refractivity contribution in [1.82, 2.24) is 0 Å². The topological polar surface area (TPSA) is 33.4 Å². The van der Waals surface area contributed by atoms with Gasteiger partial charge in [0, 0.05) is 17.7 Å². The van der Waals surface area contributed by atoms with Crippen LogP contribution < -0.4 is 0 Å². The van der Waals surface area contributed by atoms with Crippen molar-refractivity contribution < 1.29 is 18.3 Å². The number of furan rings is 1. The summed E-state index contributed by atoms with van der Waals surface area (Å²) in [6.07, 6.45) is 0. The molecule has 1 heterocycles. The average molecular weight is 325 g/mol. The van der Waals surface area contributed by atoms with Gasteiger partial charge in [0.05, 0.1) is 9.86 Å². The quantitative estimate of drug-likeness (QED) is 0.694. The number of phenols is 1. The molecule has 0 saturated heterocycles. The number of benzene rings is 2. The number of rotatable bonds is 1. The molecule has 96 valence electrons. The average Bonchev–Trinajstić information content (AvgIpc) is 2.67. The van der Waals surface area contributed by atoms with Crippen molar-refractivity contribution in [3.63, 3.8) is 0 Å². The van der Waals surface area contributed by atoms with Crippen LogP contribution in [0.3, 0.4) is 0 Å². The van der Waals surface area contributed by atoms with Crippen LogP contribution in [-0.2, 0) is 0 Å². The molecule has 2 aromatic carbocycles. The maximum absolute atomic E-state index is 13.2. The van der Waals surface area contributed by atoms with Crippen LogP contribution in [0.2, 0.25) is 0 Å². The fourth-order valence-electron chi connectivity index (χ4n) is 1.92. The molecule has 0 aliphatic carbocycles. The van der Waals surface area contributed by atoms with Gasteiger partial charge in [-0.1, -0.05) is 0 Å². The molecule has 5 heteroatoms. The molecule has 0 unspecified atom stereocenters. The number of hydrogen-bond donors (Lipinski definition) is 1. The Morgan fingerprint density at radius 2 is 1.68 bits per heavy atom. The van der Waals surface area contributed by atoms with E-state index in [-0.39, 0.29) is 17.1 Å². The first-order valence-electron chi connectivity index (χ1n) is 5.42. The zero-order valence-electron chi connectivity index (χ0n) is 9.45. The number of aromatic hydroxyl groups is 1. The standard InChI is InChI=1S/C14H7BrF2O2/c15-13-12-10(18)5-9(17)6-11(12)19-14(13)7-1-3-8(16)4-2-7/h1-6,18H. The van der Waals surface area contributed by atoms with Gasteiger partial charge in [-0.3, -0.25) is 0 Å². The van der Waals surface area contributed by atoms with Gasteiger partial charge < -0.3 is 9.52 Å². The highest BCUT2D eigenvalue weighted by atomic mass is 79.9. The number of halogens is 3. The Balaban J connectivity index is 2.28. The van der Waals surface area contributed by atoms with Gasteiger partial charge in [0.25, 0.3) is 0 Å². The third kappa shape index (κ3) is 2.00. The molecule has 1 aromatic heterocycles. The summed E-state index contributed by atoms with van der Waals surface area (Å²) in [7, 11) is 0. The van der Waals surface area contributed by atoms with Crippen LogP contribution in [0, 0.1) is 11.6 Å². The maximum atomic E-state index is 13.2. The summed E-state index contributed by atoms with van der Waals surface area (Å²) in [5.41, 5.74) is 0.855. The Morgan fingerprint density at radius 3 is 2.37 bits per heavy atom. The maximum Gasteiger partial charge on any atom is 0.149 e. The monoisotopic (exact) mass is 324 g/mol. The molecule has 0 amide bonds. The van der Waals surface area contributed by atoms with Crippen LogP contribution in [0.25, 0.3) is 22.3 Å². The molecule has 0 spiro atoms. The highest BCUT2D eigenvalue weighted by Crippen LogP contribution is 2.42. The van der Waals surface area contributed by atoms with Crippen LogP contribution >= 0.6 is 15.9 Å². The molecule has 0 aliphatic rings. The molecule has 0 atom stereocenters. The smallest absolute Gasteiger partial charge is 0.149 e. The van der Waals surface area contributed by atoms with E-state index in [0.29, 0.717) is 21.2 Å². The lowest BCUT2D eigenvalue weighted by Crippen LogP contribution is -1.77. The number of phenolic OH excluding ortho intramolecular Hbond substituents is 1. The van der Waals surface area contributed by atoms with E-state index < -0.39 is 5.82 Å². The van der Waals surface area contributed by atoms with E-state index in [4.69, 9.17) is 4.42 Å². The van der Waals surface area contributed by atoms with E-state index in [1.54, 1.807) is 12.1 Å². The van der Waals surface area contributed by atoms with Crippen molar-refractivity contribution in [2.24, 2.45) is 0 Å². The van der Waals surface area contributed by atoms with Crippen molar-refractivity contribution in [3.8, 4) is 17.1 Å². The van der Waals surface area contributed by atoms with Crippen molar-refractivity contribution in [2.75, 3.05) is 0 Å². The summed E-state index contributed by atoms with van der Waals surface area (Å²) >= 11 is 3.31. The van der Waals surface area contributed by atoms with E-state index in [9.17, 15) is 13.9 Å². The Morgan fingerprint density at radius 1 is 1.00 bits per heavy atom. The van der Waals surface area contributed by atoms with E-state index in [0.717, 1.165) is 6.07 Å². The van der Waals surface area contributed by atoms with E-state index in [1.807, 2.05) is 0 Å². The largest absolute Gasteiger partial charge is 0.507 e. The van der Waals surface area contributed by atoms with Gasteiger partial charge in [-0.15, -0.1) is 0 Å². The summed E-state index contributed by atoms with van der Waals surface area (Å²) in [5, 5.41) is 10.1. The minimum absolute atomic E-state index is 0.209. The Kier molecular flexibility index (Phi) is 2.78. The van der Waals surface area contributed by atoms with Crippen LogP contribution in [-0.4, -0.2) is 5.11 Å². The highest BCUT2D eigenvalue weighted by Gasteiger charge is 2.17. The van der Waals surface area contributed by atoms with E-state index in [1.165, 1.54) is 18.2 Å². The van der Waals surface area contributed by atoms with Gasteiger partial charge in [-0.25, -0.2) is 8.78 Å². The molecule has 3 aromatic rings. The van der Waals surface area contributed by atoms with Gasteiger partial charge in [0.2, 0.25) is 0 Å². The molecule has 2 nitrogen and oxygen atoms in total. The zero-order valence-corrected chi connectivity index (χ0v) is 11.0. The van der Waals surface area contributed by atoms with Gasteiger partial charge in [-0.2, -0.15) is 0 Å². The summed E-state index contributed by atoms with van der Waals surface area (Å²) in [6, 6.07) is 7.89. The van der Waals surface area contributed by atoms with Gasteiger partial charge >= 0.3 is 0 Å². The summed E-state index contributed by atoms with van der Waals surface area (Å²) in [4.78, 5) is 0. The molecule has 0 radical (unpaired) electrons. The van der Waals surface area contributed by atoms with E-state index in [2.05, 4.69) is 15.9 Å². The second-order valence-corrected chi connectivity index (χ2v) is 4.84. The van der Waals surface area contributed by atoms with Crippen LogP contribution in [0.5, 0.6) is 5.75 Å². The van der Waals surface area contributed by atoms with Crippen LogP contribution in [0.1, 0.15) is 0 Å². The number of hydrogen-bond acceptors (Lipinski definition) is 2. The second-order valence-electron chi connectivity index (χ2n) is 4.05. The molecule has 0 saturated carbocycles. The third-order valence-electron chi connectivity index (χ3n) is 2.78. The van der Waals surface area contributed by atoms with Crippen molar-refractivity contribution in [2.45, 2.75) is 0 Å². The highest BCUT2D eigenvalue weighted by molar-refractivity contribution is 9.10. The Bertz CT molecular complexity index is 763. The molecular weight excluding hydrogens is 318 g/mol. The lowest BCUT2D eigenvalue weighted by Gasteiger charge is -1.97. The predicted octanol–water partition coefficient (Wildman–Crippen LogP) is 4.85. The molecule has 0 fully saturated rings. The fraction of sp³-hybridized carbons (Fsp3) is 0. The molecular formula is C14H7BrF2O2. The Hall–Kier alpha value is -1.88. The number of fused-ring (bicyclic) bond motifs is 1. The first kappa shape index (κ1) is 12.2. The minimum Gasteiger partial charge on any atom is -0.507 e. The van der Waals surface area contributed by atoms with Gasteiger partial charge in [0.1, 0.15) is 28.7 Å². The normalized spacial score (nSPS) is 11.1. The van der Waals surface area contributed by atoms with E-state index >= 15 is 0 Å². The minimum atomic E-state index is -0.586. The van der Waals surface area contributed by atoms with Crippen molar-refractivity contribution >= 4 is 26.9 Å². The van der Waals surface area contributed by atoms with Crippen LogP contribution in [0.4, 0.5) is 8.78 Å². The summed E-state index contributed by atoms with van der Waals surface area (Å²) < 4.78 is 32.1. The molecule has 3 rings (SSSR count). The van der Waals surface area contributed by atoms with Crippen molar-refractivity contribution in [3.05, 3.63) is 52.5 Å². The third-order valence-corrected chi connectivity index (χ3v) is 3.54. The molecule has 1 N–H and O–H groups in total. The van der Waals surface area contributed by atoms with Crippen LogP contribution in [0.15, 0.2) is 45.3 Å². The Labute approximate surface area is 115 Å². The first-order chi connectivity index (χ1) is 9.06.